The largest absolute Gasteiger partial charge is 0.493 e. The van der Waals surface area contributed by atoms with Crippen LogP contribution in [0.15, 0.2) is 72.8 Å². The number of rotatable bonds is 35. The fraction of sp³-hybridized carbons (Fsp3) is 0.593. The number of nitrogens with one attached hydrogen (secondary N) is 8. The molecule has 0 bridgehead atoms. The third-order valence-corrected chi connectivity index (χ3v) is 19.4. The van der Waals surface area contributed by atoms with Crippen molar-refractivity contribution in [2.24, 2.45) is 47.3 Å². The van der Waals surface area contributed by atoms with Gasteiger partial charge in [0.2, 0.25) is 23.6 Å². The first-order chi connectivity index (χ1) is 49.6. The van der Waals surface area contributed by atoms with Crippen LogP contribution in [0.4, 0.5) is 27.5 Å². The summed E-state index contributed by atoms with van der Waals surface area (Å²) in [5.41, 5.74) is 1.50. The summed E-state index contributed by atoms with van der Waals surface area (Å²) in [7, 11) is 0. The van der Waals surface area contributed by atoms with Gasteiger partial charge < -0.3 is 71.0 Å². The highest BCUT2D eigenvalue weighted by Crippen LogP contribution is 2.36. The molecule has 8 amide bonds. The molecule has 0 spiro atoms. The van der Waals surface area contributed by atoms with E-state index in [2.05, 4.69) is 97.9 Å². The lowest BCUT2D eigenvalue weighted by molar-refractivity contribution is -0.121. The minimum atomic E-state index is -0.711. The number of carbonyl (C=O) groups is 9. The topological polar surface area (TPSA) is 305 Å². The Hall–Kier alpha value is -8.89. The Labute approximate surface area is 614 Å². The highest BCUT2D eigenvalue weighted by atomic mass is 16.6. The molecule has 0 saturated heterocycles. The van der Waals surface area contributed by atoms with Gasteiger partial charge in [-0.05, 0) is 176 Å². The maximum Gasteiger partial charge on any atom is 0.407 e. The van der Waals surface area contributed by atoms with E-state index in [9.17, 15) is 43.2 Å². The molecule has 4 saturated carbocycles. The smallest absolute Gasteiger partial charge is 0.407 e. The number of benzene rings is 4. The second-order valence-electron chi connectivity index (χ2n) is 31.2. The second kappa shape index (κ2) is 38.7. The predicted octanol–water partition coefficient (Wildman–Crippen LogP) is 14.6. The molecule has 8 rings (SSSR count). The molecule has 0 unspecified atom stereocenters. The van der Waals surface area contributed by atoms with Gasteiger partial charge in [0.1, 0.15) is 28.6 Å². The van der Waals surface area contributed by atoms with Gasteiger partial charge in [0.15, 0.2) is 0 Å². The van der Waals surface area contributed by atoms with E-state index < -0.39 is 83.2 Å². The fourth-order valence-corrected chi connectivity index (χ4v) is 13.5. The van der Waals surface area contributed by atoms with Crippen LogP contribution in [-0.2, 0) is 28.7 Å². The average Bonchev–Trinajstić information content (AvgIpc) is 1.38. The van der Waals surface area contributed by atoms with E-state index >= 15 is 0 Å². The van der Waals surface area contributed by atoms with Crippen LogP contribution in [0.2, 0.25) is 0 Å². The van der Waals surface area contributed by atoms with Crippen molar-refractivity contribution in [1.82, 2.24) is 21.3 Å². The molecule has 0 radical (unpaired) electrons. The van der Waals surface area contributed by atoms with Crippen molar-refractivity contribution in [1.29, 1.82) is 0 Å². The molecule has 8 atom stereocenters. The molecule has 4 aliphatic carbocycles. The van der Waals surface area contributed by atoms with E-state index in [1.54, 1.807) is 93.6 Å². The van der Waals surface area contributed by atoms with Gasteiger partial charge in [-0.1, -0.05) is 94.4 Å². The maximum atomic E-state index is 14.6. The zero-order chi connectivity index (χ0) is 75.2. The monoisotopic (exact) mass is 1440 g/mol. The quantitative estimate of drug-likeness (QED) is 0.0157. The Morgan fingerprint density at radius 3 is 0.933 bits per heavy atom. The summed E-state index contributed by atoms with van der Waals surface area (Å²) in [6.45, 7) is 25.7. The Morgan fingerprint density at radius 1 is 0.375 bits per heavy atom. The molecule has 0 aromatic heterocycles. The molecule has 23 nitrogen and oxygen atoms in total. The van der Waals surface area contributed by atoms with E-state index in [-0.39, 0.29) is 52.5 Å². The highest BCUT2D eigenvalue weighted by molar-refractivity contribution is 6.03. The first kappa shape index (κ1) is 80.8. The van der Waals surface area contributed by atoms with E-state index in [1.165, 1.54) is 0 Å². The maximum absolute atomic E-state index is 14.6. The van der Waals surface area contributed by atoms with Crippen LogP contribution in [-0.4, -0.2) is 116 Å². The molecular formula is C81H114N8O15. The van der Waals surface area contributed by atoms with E-state index in [0.29, 0.717) is 173 Å². The van der Waals surface area contributed by atoms with Crippen LogP contribution in [0.1, 0.15) is 240 Å². The number of anilines is 4. The lowest BCUT2D eigenvalue weighted by Gasteiger charge is -2.24. The molecule has 568 valence electrons. The number of hydrogen-bond acceptors (Lipinski definition) is 15. The summed E-state index contributed by atoms with van der Waals surface area (Å²) >= 11 is 0. The van der Waals surface area contributed by atoms with Crippen molar-refractivity contribution < 1.29 is 71.6 Å². The zero-order valence-corrected chi connectivity index (χ0v) is 63.2. The molecule has 0 heterocycles. The van der Waals surface area contributed by atoms with Crippen LogP contribution in [0.5, 0.6) is 23.0 Å². The minimum absolute atomic E-state index is 0.194. The van der Waals surface area contributed by atoms with Crippen molar-refractivity contribution in [3.05, 3.63) is 95.1 Å². The lowest BCUT2D eigenvalue weighted by atomic mass is 10.0. The Bertz CT molecular complexity index is 3620. The third kappa shape index (κ3) is 25.2. The molecule has 4 fully saturated rings. The third-order valence-electron chi connectivity index (χ3n) is 19.4. The average molecular weight is 1440 g/mol. The summed E-state index contributed by atoms with van der Waals surface area (Å²) < 4.78 is 35.6. The van der Waals surface area contributed by atoms with Crippen LogP contribution >= 0.6 is 0 Å². The Kier molecular flexibility index (Phi) is 30.1. The molecule has 4 aliphatic rings. The van der Waals surface area contributed by atoms with Gasteiger partial charge in [0.25, 0.3) is 17.7 Å². The Morgan fingerprint density at radius 2 is 0.654 bits per heavy atom. The van der Waals surface area contributed by atoms with Crippen LogP contribution in [0.3, 0.4) is 0 Å². The van der Waals surface area contributed by atoms with E-state index in [4.69, 9.17) is 28.4 Å². The number of ether oxygens (including phenoxy) is 6. The molecule has 0 aliphatic heterocycles. The van der Waals surface area contributed by atoms with Crippen molar-refractivity contribution in [3.63, 3.8) is 0 Å². The van der Waals surface area contributed by atoms with Crippen LogP contribution in [0.25, 0.3) is 0 Å². The van der Waals surface area contributed by atoms with Gasteiger partial charge in [0, 0.05) is 87.9 Å². The van der Waals surface area contributed by atoms with Crippen LogP contribution < -0.4 is 61.5 Å². The first-order valence-corrected chi connectivity index (χ1v) is 38.0. The number of alkyl carbamates (subject to hydrolysis) is 1. The van der Waals surface area contributed by atoms with Gasteiger partial charge in [-0.15, -0.1) is 0 Å². The standard InChI is InChI=1S/C81H114N8O15/c1-13-14-31-103-79(97)55-39-59(47-63(43-55)102-35-30-51(8)9)85-77(95)66-21-17-25-70(66)88-73(91)53-37-57(45-61(41-53)100-33-28-49(4)5)83-75(93)64-19-15-23-68(64)86-72(90)52-36-56(44-60(40-52)99-32-27-48(2)3)82-76(94)65-20-16-24-69(65)87-74(92)54-38-58(46-62(42-54)101-34-29-50(6)7)84-78(96)67-22-18-26-71(67)89-80(98)104-81(10,11)12/h36-51,64-71H,13-35H2,1-12H3,(H,82,94)(H,83,93)(H,84,96)(H,85,95)(H,86,90)(H,87,92)(H,88,91)(H,89,98)/t64-,65-,66-,67-,68-,69-,70-,71-/m0/s1. The normalized spacial score (nSPS) is 20.0. The van der Waals surface area contributed by atoms with Gasteiger partial charge in [-0.2, -0.15) is 0 Å². The van der Waals surface area contributed by atoms with Crippen molar-refractivity contribution in [2.75, 3.05) is 54.3 Å². The first-order valence-electron chi connectivity index (χ1n) is 38.0. The van der Waals surface area contributed by atoms with E-state index in [0.717, 1.165) is 38.5 Å². The Balaban J connectivity index is 0.933. The number of amides is 8. The summed E-state index contributed by atoms with van der Waals surface area (Å²) in [6, 6.07) is 17.3. The summed E-state index contributed by atoms with van der Waals surface area (Å²) in [6.07, 6.45) is 10.8. The van der Waals surface area contributed by atoms with Gasteiger partial charge >= 0.3 is 12.1 Å². The number of esters is 1. The number of unbranched alkanes of at least 4 members (excludes halogenated alkanes) is 1. The molecule has 4 aromatic rings. The van der Waals surface area contributed by atoms with E-state index in [1.807, 2.05) is 6.92 Å². The zero-order valence-electron chi connectivity index (χ0n) is 63.2. The fourth-order valence-electron chi connectivity index (χ4n) is 13.5. The van der Waals surface area contributed by atoms with Crippen LogP contribution in [0, 0.1) is 47.3 Å². The van der Waals surface area contributed by atoms with Crippen molar-refractivity contribution >= 4 is 76.2 Å². The second-order valence-corrected chi connectivity index (χ2v) is 31.2. The predicted molar refractivity (Wildman–Crippen MR) is 402 cm³/mol. The molecular weight excluding hydrogens is 1320 g/mol. The van der Waals surface area contributed by atoms with Gasteiger partial charge in [-0.3, -0.25) is 33.6 Å². The van der Waals surface area contributed by atoms with Gasteiger partial charge in [0.05, 0.1) is 62.3 Å². The van der Waals surface area contributed by atoms with Gasteiger partial charge in [-0.25, -0.2) is 9.59 Å². The molecule has 4 aromatic carbocycles. The van der Waals surface area contributed by atoms with Crippen molar-refractivity contribution in [2.45, 2.75) is 228 Å². The molecule has 104 heavy (non-hydrogen) atoms. The molecule has 23 heteroatoms. The summed E-state index contributed by atoms with van der Waals surface area (Å²) in [4.78, 5) is 126. The van der Waals surface area contributed by atoms with Crippen molar-refractivity contribution in [3.8, 4) is 23.0 Å². The summed E-state index contributed by atoms with van der Waals surface area (Å²) in [5.74, 6) is -2.83. The lowest BCUT2D eigenvalue weighted by Crippen LogP contribution is -2.44. The number of hydrogen-bond donors (Lipinski definition) is 8. The molecule has 8 N–H and O–H groups in total. The SMILES string of the molecule is CCCCOC(=O)c1cc(NC(=O)[C@H]2CCC[C@@H]2NC(=O)c2cc(NC(=O)[C@H]3CCC[C@@H]3NC(=O)c3cc(NC(=O)[C@H]4CCC[C@@H]4NC(=O)c4cc(NC(=O)[C@H]5CCC[C@@H]5NC(=O)OC(C)(C)C)cc(OCCC(C)C)c4)cc(OCCC(C)C)c3)cc(OCCC(C)C)c2)cc(OCCC(C)C)c1. The minimum Gasteiger partial charge on any atom is -0.493 e. The highest BCUT2D eigenvalue weighted by Gasteiger charge is 2.39. The number of carbonyl (C=O) groups excluding carboxylic acids is 9. The summed E-state index contributed by atoms with van der Waals surface area (Å²) in [5, 5.41) is 24.3.